The molecule has 5 heteroatoms. The number of hydrogen-bond acceptors (Lipinski definition) is 3. The zero-order chi connectivity index (χ0) is 16.2. The van der Waals surface area contributed by atoms with Crippen molar-refractivity contribution in [2.75, 3.05) is 39.8 Å². The van der Waals surface area contributed by atoms with Gasteiger partial charge in [0.05, 0.1) is 19.1 Å². The van der Waals surface area contributed by atoms with Crippen molar-refractivity contribution in [1.29, 1.82) is 0 Å². The minimum Gasteiger partial charge on any atom is -0.374 e. The number of morpholine rings is 1. The Morgan fingerprint density at radius 2 is 2.04 bits per heavy atom. The smallest absolute Gasteiger partial charge is 0.227 e. The molecule has 0 spiro atoms. The van der Waals surface area contributed by atoms with Gasteiger partial charge in [-0.2, -0.15) is 0 Å². The van der Waals surface area contributed by atoms with Gasteiger partial charge in [0.15, 0.2) is 0 Å². The lowest BCUT2D eigenvalue weighted by molar-refractivity contribution is -0.134. The molecule has 126 valence electrons. The van der Waals surface area contributed by atoms with Crippen molar-refractivity contribution in [3.63, 3.8) is 0 Å². The maximum atomic E-state index is 13.0. The monoisotopic (exact) mass is 320 g/mol. The molecule has 1 aromatic carbocycles. The van der Waals surface area contributed by atoms with E-state index in [-0.39, 0.29) is 17.8 Å². The van der Waals surface area contributed by atoms with Crippen LogP contribution in [0.5, 0.6) is 0 Å². The molecule has 3 rings (SSSR count). The summed E-state index contributed by atoms with van der Waals surface area (Å²) in [5.74, 6) is 0.489. The van der Waals surface area contributed by atoms with Gasteiger partial charge in [-0.25, -0.2) is 4.39 Å². The first-order valence-electron chi connectivity index (χ1n) is 8.42. The lowest BCUT2D eigenvalue weighted by atomic mass is 10.1. The third-order valence-corrected chi connectivity index (χ3v) is 4.56. The van der Waals surface area contributed by atoms with E-state index in [0.29, 0.717) is 18.9 Å². The predicted octanol–water partition coefficient (Wildman–Crippen LogP) is 1.94. The van der Waals surface area contributed by atoms with Crippen molar-refractivity contribution in [2.24, 2.45) is 5.92 Å². The zero-order valence-electron chi connectivity index (χ0n) is 13.7. The molecule has 2 fully saturated rings. The van der Waals surface area contributed by atoms with Crippen molar-refractivity contribution in [3.05, 3.63) is 35.6 Å². The third-order valence-electron chi connectivity index (χ3n) is 4.56. The van der Waals surface area contributed by atoms with Gasteiger partial charge in [0.1, 0.15) is 5.82 Å². The molecule has 0 bridgehead atoms. The van der Waals surface area contributed by atoms with Crippen LogP contribution in [0.15, 0.2) is 24.3 Å². The molecule has 1 heterocycles. The molecule has 1 saturated carbocycles. The quantitative estimate of drug-likeness (QED) is 0.803. The highest BCUT2D eigenvalue weighted by atomic mass is 19.1. The van der Waals surface area contributed by atoms with Gasteiger partial charge in [-0.15, -0.1) is 0 Å². The van der Waals surface area contributed by atoms with Crippen molar-refractivity contribution < 1.29 is 13.9 Å². The Labute approximate surface area is 137 Å². The van der Waals surface area contributed by atoms with Crippen molar-refractivity contribution >= 4 is 5.91 Å². The Morgan fingerprint density at radius 1 is 1.30 bits per heavy atom. The number of halogens is 1. The second kappa shape index (κ2) is 7.41. The number of hydrogen-bond donors (Lipinski definition) is 0. The molecule has 0 unspecified atom stereocenters. The highest BCUT2D eigenvalue weighted by Gasteiger charge is 2.29. The first kappa shape index (κ1) is 16.4. The van der Waals surface area contributed by atoms with Crippen LogP contribution in [-0.2, 0) is 16.0 Å². The van der Waals surface area contributed by atoms with Crippen LogP contribution in [0, 0.1) is 11.7 Å². The van der Waals surface area contributed by atoms with Gasteiger partial charge in [0.25, 0.3) is 0 Å². The number of carbonyl (C=O) groups excluding carboxylic acids is 1. The van der Waals surface area contributed by atoms with E-state index in [1.165, 1.54) is 25.0 Å². The lowest BCUT2D eigenvalue weighted by Crippen LogP contribution is -2.48. The van der Waals surface area contributed by atoms with Gasteiger partial charge in [0.2, 0.25) is 5.91 Å². The summed E-state index contributed by atoms with van der Waals surface area (Å²) in [6.45, 7) is 4.02. The van der Waals surface area contributed by atoms with Crippen LogP contribution in [0.1, 0.15) is 18.4 Å². The van der Waals surface area contributed by atoms with Crippen LogP contribution in [0.4, 0.5) is 4.39 Å². The van der Waals surface area contributed by atoms with Gasteiger partial charge in [-0.1, -0.05) is 12.1 Å². The molecule has 1 aliphatic heterocycles. The first-order chi connectivity index (χ1) is 11.1. The Hall–Kier alpha value is -1.46. The largest absolute Gasteiger partial charge is 0.374 e. The molecule has 4 nitrogen and oxygen atoms in total. The number of ether oxygens (including phenoxy) is 1. The Balaban J connectivity index is 1.60. The molecular formula is C18H25FN2O2. The fourth-order valence-electron chi connectivity index (χ4n) is 3.00. The summed E-state index contributed by atoms with van der Waals surface area (Å²) in [5.41, 5.74) is 0.860. The highest BCUT2D eigenvalue weighted by Crippen LogP contribution is 2.30. The lowest BCUT2D eigenvalue weighted by Gasteiger charge is -2.34. The van der Waals surface area contributed by atoms with E-state index in [9.17, 15) is 9.18 Å². The van der Waals surface area contributed by atoms with E-state index < -0.39 is 0 Å². The van der Waals surface area contributed by atoms with Crippen molar-refractivity contribution in [2.45, 2.75) is 25.4 Å². The number of likely N-dealkylation sites (N-methyl/N-ethyl adjacent to an activating group) is 1. The maximum absolute atomic E-state index is 13.0. The number of carbonyl (C=O) groups is 1. The molecule has 0 aromatic heterocycles. The molecule has 0 radical (unpaired) electrons. The molecule has 23 heavy (non-hydrogen) atoms. The summed E-state index contributed by atoms with van der Waals surface area (Å²) in [6.07, 6.45) is 2.84. The van der Waals surface area contributed by atoms with Crippen LogP contribution in [0.2, 0.25) is 0 Å². The normalized spacial score (nSPS) is 22.1. The molecule has 2 aliphatic rings. The van der Waals surface area contributed by atoms with Crippen LogP contribution in [0.3, 0.4) is 0 Å². The second-order valence-electron chi connectivity index (χ2n) is 6.80. The predicted molar refractivity (Wildman–Crippen MR) is 86.6 cm³/mol. The SMILES string of the molecule is CN1CCO[C@@H](CN(CC2CC2)C(=O)Cc2ccc(F)cc2)C1. The Kier molecular flexibility index (Phi) is 5.28. The van der Waals surface area contributed by atoms with Crippen LogP contribution >= 0.6 is 0 Å². The van der Waals surface area contributed by atoms with Gasteiger partial charge in [-0.3, -0.25) is 4.79 Å². The van der Waals surface area contributed by atoms with E-state index >= 15 is 0 Å². The summed E-state index contributed by atoms with van der Waals surface area (Å²) >= 11 is 0. The number of rotatable bonds is 6. The number of benzene rings is 1. The van der Waals surface area contributed by atoms with E-state index in [0.717, 1.165) is 31.8 Å². The van der Waals surface area contributed by atoms with Gasteiger partial charge < -0.3 is 14.5 Å². The maximum Gasteiger partial charge on any atom is 0.227 e. The topological polar surface area (TPSA) is 32.8 Å². The summed E-state index contributed by atoms with van der Waals surface area (Å²) < 4.78 is 18.8. The fraction of sp³-hybridized carbons (Fsp3) is 0.611. The van der Waals surface area contributed by atoms with Crippen LogP contribution in [0.25, 0.3) is 0 Å². The minimum absolute atomic E-state index is 0.0877. The average Bonchev–Trinajstić information content (AvgIpc) is 3.33. The standard InChI is InChI=1S/C18H25FN2O2/c1-20-8-9-23-17(12-20)13-21(11-15-2-3-15)18(22)10-14-4-6-16(19)7-5-14/h4-7,15,17H,2-3,8-13H2,1H3/t17-/m1/s1. The van der Waals surface area contributed by atoms with Crippen LogP contribution in [-0.4, -0.2) is 61.6 Å². The Morgan fingerprint density at radius 3 is 2.70 bits per heavy atom. The molecule has 1 atom stereocenters. The van der Waals surface area contributed by atoms with E-state index in [2.05, 4.69) is 11.9 Å². The first-order valence-corrected chi connectivity index (χ1v) is 8.42. The highest BCUT2D eigenvalue weighted by molar-refractivity contribution is 5.78. The zero-order valence-corrected chi connectivity index (χ0v) is 13.7. The molecule has 1 saturated heterocycles. The molecule has 0 N–H and O–H groups in total. The number of amides is 1. The molecule has 1 aliphatic carbocycles. The van der Waals surface area contributed by atoms with E-state index in [4.69, 9.17) is 4.74 Å². The minimum atomic E-state index is -0.269. The van der Waals surface area contributed by atoms with E-state index in [1.54, 1.807) is 12.1 Å². The average molecular weight is 320 g/mol. The molecule has 1 aromatic rings. The molecule has 1 amide bonds. The Bertz CT molecular complexity index is 530. The van der Waals surface area contributed by atoms with Crippen molar-refractivity contribution in [1.82, 2.24) is 9.80 Å². The summed E-state index contributed by atoms with van der Waals surface area (Å²) in [5, 5.41) is 0. The van der Waals surface area contributed by atoms with Gasteiger partial charge in [-0.05, 0) is 43.5 Å². The second-order valence-corrected chi connectivity index (χ2v) is 6.80. The fourth-order valence-corrected chi connectivity index (χ4v) is 3.00. The van der Waals surface area contributed by atoms with Crippen LogP contribution < -0.4 is 0 Å². The number of nitrogens with zero attached hydrogens (tertiary/aromatic N) is 2. The summed E-state index contributed by atoms with van der Waals surface area (Å²) in [6, 6.07) is 6.20. The van der Waals surface area contributed by atoms with Gasteiger partial charge in [0, 0.05) is 26.2 Å². The van der Waals surface area contributed by atoms with E-state index in [1.807, 2.05) is 4.90 Å². The van der Waals surface area contributed by atoms with Crippen molar-refractivity contribution in [3.8, 4) is 0 Å². The molecular weight excluding hydrogens is 295 g/mol. The van der Waals surface area contributed by atoms with Gasteiger partial charge >= 0.3 is 0 Å². The summed E-state index contributed by atoms with van der Waals surface area (Å²) in [7, 11) is 2.08. The third kappa shape index (κ3) is 5.01. The summed E-state index contributed by atoms with van der Waals surface area (Å²) in [4.78, 5) is 16.9.